The lowest BCUT2D eigenvalue weighted by Gasteiger charge is -2.11. The van der Waals surface area contributed by atoms with E-state index in [0.29, 0.717) is 11.9 Å². The second kappa shape index (κ2) is 12.7. The maximum Gasteiger partial charge on any atom is 0.178 e. The summed E-state index contributed by atoms with van der Waals surface area (Å²) in [6.45, 7) is 5.26. The Kier molecular flexibility index (Phi) is 9.38. The van der Waals surface area contributed by atoms with E-state index in [1.165, 1.54) is 12.8 Å². The number of hydrogen-bond donors (Lipinski definition) is 1. The fourth-order valence-corrected chi connectivity index (χ4v) is 3.36. The number of ether oxygens (including phenoxy) is 1. The molecule has 0 bridgehead atoms. The molecule has 0 aliphatic rings. The zero-order chi connectivity index (χ0) is 22.6. The van der Waals surface area contributed by atoms with Crippen LogP contribution in [0.25, 0.3) is 28.7 Å². The molecule has 0 spiro atoms. The Bertz CT molecular complexity index is 952. The molecule has 2 heterocycles. The number of allylic oxidation sites excluding steroid dienone is 1. The molecule has 1 atom stereocenters. The van der Waals surface area contributed by atoms with E-state index >= 15 is 0 Å². The van der Waals surface area contributed by atoms with Crippen molar-refractivity contribution in [3.8, 4) is 28.4 Å². The zero-order valence-corrected chi connectivity index (χ0v) is 19.1. The Morgan fingerprint density at radius 2 is 1.69 bits per heavy atom. The highest BCUT2D eigenvalue weighted by Crippen LogP contribution is 2.22. The summed E-state index contributed by atoms with van der Waals surface area (Å²) in [5, 5.41) is 9.42. The van der Waals surface area contributed by atoms with Crippen molar-refractivity contribution in [3.63, 3.8) is 0 Å². The molecule has 5 nitrogen and oxygen atoms in total. The van der Waals surface area contributed by atoms with Gasteiger partial charge in [-0.25, -0.2) is 9.97 Å². The van der Waals surface area contributed by atoms with Gasteiger partial charge < -0.3 is 9.84 Å². The Hall–Kier alpha value is -3.05. The lowest BCUT2D eigenvalue weighted by atomic mass is 10.1. The van der Waals surface area contributed by atoms with Gasteiger partial charge in [0.2, 0.25) is 0 Å². The molecule has 0 saturated heterocycles. The molecule has 0 radical (unpaired) electrons. The quantitative estimate of drug-likeness (QED) is 0.324. The van der Waals surface area contributed by atoms with Crippen molar-refractivity contribution in [2.45, 2.75) is 58.5 Å². The van der Waals surface area contributed by atoms with E-state index in [1.54, 1.807) is 24.5 Å². The van der Waals surface area contributed by atoms with Crippen LogP contribution in [0.3, 0.4) is 0 Å². The highest BCUT2D eigenvalue weighted by Gasteiger charge is 2.05. The van der Waals surface area contributed by atoms with E-state index in [1.807, 2.05) is 30.5 Å². The Morgan fingerprint density at radius 3 is 2.38 bits per heavy atom. The first kappa shape index (κ1) is 23.6. The van der Waals surface area contributed by atoms with Crippen LogP contribution in [0.15, 0.2) is 61.1 Å². The van der Waals surface area contributed by atoms with Crippen molar-refractivity contribution >= 4 is 6.08 Å². The van der Waals surface area contributed by atoms with Gasteiger partial charge in [0.15, 0.2) is 5.82 Å². The van der Waals surface area contributed by atoms with Crippen molar-refractivity contribution in [1.82, 2.24) is 15.0 Å². The number of aromatic hydroxyl groups is 1. The van der Waals surface area contributed by atoms with Crippen LogP contribution >= 0.6 is 0 Å². The third-order valence-corrected chi connectivity index (χ3v) is 5.31. The first-order chi connectivity index (χ1) is 15.7. The first-order valence-corrected chi connectivity index (χ1v) is 11.5. The minimum Gasteiger partial charge on any atom is -0.508 e. The summed E-state index contributed by atoms with van der Waals surface area (Å²) in [5.41, 5.74) is 3.67. The van der Waals surface area contributed by atoms with Crippen molar-refractivity contribution in [1.29, 1.82) is 0 Å². The molecule has 0 aliphatic carbocycles. The molecule has 5 heteroatoms. The lowest BCUT2D eigenvalue weighted by molar-refractivity contribution is 0.0566. The minimum absolute atomic E-state index is 0.242. The van der Waals surface area contributed by atoms with Crippen molar-refractivity contribution in [3.05, 3.63) is 66.6 Å². The van der Waals surface area contributed by atoms with E-state index in [0.717, 1.165) is 54.7 Å². The SMILES string of the molecule is CCCCCOC(C)CCCC=Cc1ccc(-c2ncc(-c3ccc(O)cc3)cn2)nc1. The van der Waals surface area contributed by atoms with Crippen LogP contribution in [0.2, 0.25) is 0 Å². The number of nitrogens with zero attached hydrogens (tertiary/aromatic N) is 3. The monoisotopic (exact) mass is 431 g/mol. The minimum atomic E-state index is 0.242. The number of unbranched alkanes of at least 4 members (excludes halogenated alkanes) is 3. The Morgan fingerprint density at radius 1 is 0.906 bits per heavy atom. The fraction of sp³-hybridized carbons (Fsp3) is 0.370. The van der Waals surface area contributed by atoms with Crippen LogP contribution in [0.4, 0.5) is 0 Å². The van der Waals surface area contributed by atoms with Crippen molar-refractivity contribution < 1.29 is 9.84 Å². The third-order valence-electron chi connectivity index (χ3n) is 5.31. The van der Waals surface area contributed by atoms with E-state index in [2.05, 4.69) is 41.0 Å². The van der Waals surface area contributed by atoms with Gasteiger partial charge in [-0.1, -0.05) is 50.1 Å². The Labute approximate surface area is 191 Å². The normalized spacial score (nSPS) is 12.3. The number of pyridine rings is 1. The smallest absolute Gasteiger partial charge is 0.178 e. The van der Waals surface area contributed by atoms with Gasteiger partial charge in [0, 0.05) is 30.8 Å². The molecule has 1 N–H and O–H groups in total. The van der Waals surface area contributed by atoms with E-state index in [4.69, 9.17) is 4.74 Å². The number of rotatable bonds is 12. The molecule has 0 amide bonds. The van der Waals surface area contributed by atoms with Crippen LogP contribution in [0, 0.1) is 0 Å². The van der Waals surface area contributed by atoms with Gasteiger partial charge in [-0.3, -0.25) is 4.98 Å². The maximum absolute atomic E-state index is 9.42. The molecule has 2 aromatic heterocycles. The van der Waals surface area contributed by atoms with Crippen LogP contribution < -0.4 is 0 Å². The fourth-order valence-electron chi connectivity index (χ4n) is 3.36. The molecular formula is C27H33N3O2. The summed E-state index contributed by atoms with van der Waals surface area (Å²) in [7, 11) is 0. The summed E-state index contributed by atoms with van der Waals surface area (Å²) in [4.78, 5) is 13.4. The number of phenols is 1. The van der Waals surface area contributed by atoms with Crippen LogP contribution in [-0.2, 0) is 4.74 Å². The largest absolute Gasteiger partial charge is 0.508 e. The molecule has 3 aromatic rings. The second-order valence-corrected chi connectivity index (χ2v) is 8.04. The average molecular weight is 432 g/mol. The summed E-state index contributed by atoms with van der Waals surface area (Å²) >= 11 is 0. The lowest BCUT2D eigenvalue weighted by Crippen LogP contribution is -2.08. The molecule has 1 aromatic carbocycles. The van der Waals surface area contributed by atoms with Crippen LogP contribution in [-0.4, -0.2) is 32.8 Å². The van der Waals surface area contributed by atoms with Crippen LogP contribution in [0.1, 0.15) is 57.9 Å². The molecule has 1 unspecified atom stereocenters. The molecule has 168 valence electrons. The predicted molar refractivity (Wildman–Crippen MR) is 130 cm³/mol. The van der Waals surface area contributed by atoms with Gasteiger partial charge in [-0.2, -0.15) is 0 Å². The molecule has 32 heavy (non-hydrogen) atoms. The molecule has 0 saturated carbocycles. The topological polar surface area (TPSA) is 68.1 Å². The first-order valence-electron chi connectivity index (χ1n) is 11.5. The highest BCUT2D eigenvalue weighted by molar-refractivity contribution is 5.63. The van der Waals surface area contributed by atoms with Crippen LogP contribution in [0.5, 0.6) is 5.75 Å². The average Bonchev–Trinajstić information content (AvgIpc) is 2.83. The van der Waals surface area contributed by atoms with E-state index in [9.17, 15) is 5.11 Å². The Balaban J connectivity index is 1.45. The molecular weight excluding hydrogens is 398 g/mol. The summed E-state index contributed by atoms with van der Waals surface area (Å²) in [6.07, 6.45) is 16.9. The molecule has 3 rings (SSSR count). The van der Waals surface area contributed by atoms with Gasteiger partial charge in [0.1, 0.15) is 11.4 Å². The second-order valence-electron chi connectivity index (χ2n) is 8.04. The maximum atomic E-state index is 9.42. The summed E-state index contributed by atoms with van der Waals surface area (Å²) in [6, 6.07) is 11.0. The van der Waals surface area contributed by atoms with Gasteiger partial charge >= 0.3 is 0 Å². The predicted octanol–water partition coefficient (Wildman–Crippen LogP) is 6.69. The molecule has 0 aliphatic heterocycles. The van der Waals surface area contributed by atoms with Gasteiger partial charge in [0.25, 0.3) is 0 Å². The number of benzene rings is 1. The van der Waals surface area contributed by atoms with Crippen molar-refractivity contribution in [2.24, 2.45) is 0 Å². The third kappa shape index (κ3) is 7.57. The molecule has 0 fully saturated rings. The highest BCUT2D eigenvalue weighted by atomic mass is 16.5. The summed E-state index contributed by atoms with van der Waals surface area (Å²) in [5.74, 6) is 0.835. The number of phenolic OH excluding ortho intramolecular Hbond substituents is 1. The van der Waals surface area contributed by atoms with Gasteiger partial charge in [0.05, 0.1) is 6.10 Å². The standard InChI is InChI=1S/C27H33N3O2/c1-3-4-8-17-32-21(2)9-6-5-7-10-22-11-16-26(28-18-22)27-29-19-24(20-30-27)23-12-14-25(31)15-13-23/h7,10-16,18-21,31H,3-6,8-9,17H2,1-2H3. The zero-order valence-electron chi connectivity index (χ0n) is 19.1. The van der Waals surface area contributed by atoms with E-state index < -0.39 is 0 Å². The number of aromatic nitrogens is 3. The van der Waals surface area contributed by atoms with Crippen molar-refractivity contribution in [2.75, 3.05) is 6.61 Å². The van der Waals surface area contributed by atoms with Gasteiger partial charge in [-0.15, -0.1) is 0 Å². The van der Waals surface area contributed by atoms with Gasteiger partial charge in [-0.05, 0) is 61.9 Å². The van der Waals surface area contributed by atoms with E-state index in [-0.39, 0.29) is 5.75 Å². The number of hydrogen-bond acceptors (Lipinski definition) is 5. The summed E-state index contributed by atoms with van der Waals surface area (Å²) < 4.78 is 5.85.